The molecule has 1 aromatic rings. The third-order valence-corrected chi connectivity index (χ3v) is 4.50. The van der Waals surface area contributed by atoms with Gasteiger partial charge >= 0.3 is 5.97 Å². The fraction of sp³-hybridized carbons (Fsp3) is 0.467. The van der Waals surface area contributed by atoms with E-state index >= 15 is 0 Å². The van der Waals surface area contributed by atoms with Crippen molar-refractivity contribution in [3.63, 3.8) is 0 Å². The molecule has 21 heavy (non-hydrogen) atoms. The van der Waals surface area contributed by atoms with E-state index in [0.717, 1.165) is 19.3 Å². The summed E-state index contributed by atoms with van der Waals surface area (Å²) in [6.45, 7) is 0.449. The molecule has 1 aliphatic carbocycles. The number of benzene rings is 1. The summed E-state index contributed by atoms with van der Waals surface area (Å²) in [5.74, 6) is -1.43. The molecule has 0 bridgehead atoms. The van der Waals surface area contributed by atoms with Crippen molar-refractivity contribution in [3.8, 4) is 0 Å². The zero-order chi connectivity index (χ0) is 15.5. The lowest BCUT2D eigenvalue weighted by Gasteiger charge is -2.40. The molecule has 5 nitrogen and oxygen atoms in total. The van der Waals surface area contributed by atoms with Gasteiger partial charge in [0.15, 0.2) is 6.04 Å². The highest BCUT2D eigenvalue weighted by Crippen LogP contribution is 2.43. The van der Waals surface area contributed by atoms with Gasteiger partial charge in [0.25, 0.3) is 0 Å². The van der Waals surface area contributed by atoms with Crippen LogP contribution in [0.3, 0.4) is 0 Å². The van der Waals surface area contributed by atoms with Crippen molar-refractivity contribution in [3.05, 3.63) is 34.9 Å². The molecule has 114 valence electrons. The highest BCUT2D eigenvalue weighted by atomic mass is 35.5. The van der Waals surface area contributed by atoms with Gasteiger partial charge in [0.1, 0.15) is 0 Å². The Hall–Kier alpha value is -1.59. The second-order valence-corrected chi connectivity index (χ2v) is 6.00. The molecule has 1 aliphatic rings. The van der Waals surface area contributed by atoms with Crippen LogP contribution in [0.4, 0.5) is 0 Å². The molecule has 0 saturated heterocycles. The molecule has 0 spiro atoms. The number of nitrogens with two attached hydrogens (primary N) is 1. The number of hydrogen-bond acceptors (Lipinski definition) is 3. The lowest BCUT2D eigenvalue weighted by atomic mass is 9.66. The van der Waals surface area contributed by atoms with Crippen LogP contribution in [0.5, 0.6) is 0 Å². The van der Waals surface area contributed by atoms with E-state index in [9.17, 15) is 14.7 Å². The van der Waals surface area contributed by atoms with Crippen molar-refractivity contribution >= 4 is 23.5 Å². The molecule has 1 atom stereocenters. The van der Waals surface area contributed by atoms with E-state index in [0.29, 0.717) is 17.1 Å². The van der Waals surface area contributed by atoms with Gasteiger partial charge in [-0.05, 0) is 30.9 Å². The topological polar surface area (TPSA) is 92.4 Å². The van der Waals surface area contributed by atoms with Gasteiger partial charge in [0, 0.05) is 17.0 Å². The number of carbonyl (C=O) groups is 2. The Kier molecular flexibility index (Phi) is 4.85. The Bertz CT molecular complexity index is 538. The van der Waals surface area contributed by atoms with Gasteiger partial charge in [-0.25, -0.2) is 4.79 Å². The minimum atomic E-state index is -1.14. The van der Waals surface area contributed by atoms with Crippen molar-refractivity contribution in [1.29, 1.82) is 0 Å². The number of carbonyl (C=O) groups excluding carboxylic acids is 1. The molecule has 0 radical (unpaired) electrons. The average molecular weight is 311 g/mol. The summed E-state index contributed by atoms with van der Waals surface area (Å²) >= 11 is 6.01. The van der Waals surface area contributed by atoms with Crippen LogP contribution in [0.25, 0.3) is 0 Å². The van der Waals surface area contributed by atoms with E-state index in [2.05, 4.69) is 5.32 Å². The zero-order valence-corrected chi connectivity index (χ0v) is 12.4. The van der Waals surface area contributed by atoms with Gasteiger partial charge in [0.2, 0.25) is 5.91 Å². The zero-order valence-electron chi connectivity index (χ0n) is 11.6. The number of aliphatic carboxylic acids is 1. The number of carboxylic acid groups (broad SMARTS) is 1. The van der Waals surface area contributed by atoms with Crippen molar-refractivity contribution in [2.24, 2.45) is 11.1 Å². The highest BCUT2D eigenvalue weighted by Gasteiger charge is 2.38. The minimum Gasteiger partial charge on any atom is -0.479 e. The Morgan fingerprint density at radius 1 is 1.38 bits per heavy atom. The van der Waals surface area contributed by atoms with Crippen LogP contribution in [0.2, 0.25) is 5.02 Å². The number of rotatable bonds is 6. The smallest absolute Gasteiger partial charge is 0.330 e. The number of hydrogen-bond donors (Lipinski definition) is 3. The lowest BCUT2D eigenvalue weighted by Crippen LogP contribution is -2.43. The third kappa shape index (κ3) is 3.54. The number of halogens is 1. The summed E-state index contributed by atoms with van der Waals surface area (Å²) in [4.78, 5) is 23.5. The molecule has 0 aliphatic heterocycles. The van der Waals surface area contributed by atoms with E-state index in [4.69, 9.17) is 17.3 Å². The minimum absolute atomic E-state index is 0.159. The molecule has 2 rings (SSSR count). The molecule has 1 aromatic carbocycles. The maximum atomic E-state index is 12.1. The SMILES string of the molecule is NCC1(CC(=O)N[C@@H](C(=O)O)c2ccccc2Cl)CCC1. The van der Waals surface area contributed by atoms with Gasteiger partial charge in [-0.2, -0.15) is 0 Å². The summed E-state index contributed by atoms with van der Waals surface area (Å²) in [7, 11) is 0. The maximum Gasteiger partial charge on any atom is 0.330 e. The quantitative estimate of drug-likeness (QED) is 0.750. The van der Waals surface area contributed by atoms with Crippen LogP contribution >= 0.6 is 11.6 Å². The molecular weight excluding hydrogens is 292 g/mol. The Morgan fingerprint density at radius 3 is 2.52 bits per heavy atom. The van der Waals surface area contributed by atoms with Crippen LogP contribution in [-0.2, 0) is 9.59 Å². The molecule has 4 N–H and O–H groups in total. The van der Waals surface area contributed by atoms with Crippen LogP contribution < -0.4 is 11.1 Å². The first-order chi connectivity index (χ1) is 9.97. The molecule has 0 heterocycles. The standard InChI is InChI=1S/C15H19ClN2O3/c16-11-5-2-1-4-10(11)13(14(20)21)18-12(19)8-15(9-17)6-3-7-15/h1-2,4-5,13H,3,6-9,17H2,(H,18,19)(H,20,21)/t13-/m1/s1. The molecular formula is C15H19ClN2O3. The Labute approximate surface area is 128 Å². The highest BCUT2D eigenvalue weighted by molar-refractivity contribution is 6.31. The van der Waals surface area contributed by atoms with E-state index < -0.39 is 12.0 Å². The third-order valence-electron chi connectivity index (χ3n) is 4.15. The molecule has 1 saturated carbocycles. The number of carboxylic acids is 1. The van der Waals surface area contributed by atoms with Crippen molar-refractivity contribution in [2.45, 2.75) is 31.7 Å². The largest absolute Gasteiger partial charge is 0.479 e. The maximum absolute atomic E-state index is 12.1. The Balaban J connectivity index is 2.08. The monoisotopic (exact) mass is 310 g/mol. The number of amides is 1. The second-order valence-electron chi connectivity index (χ2n) is 5.59. The average Bonchev–Trinajstić information content (AvgIpc) is 2.41. The van der Waals surface area contributed by atoms with E-state index in [1.165, 1.54) is 0 Å². The number of nitrogens with one attached hydrogen (secondary N) is 1. The van der Waals surface area contributed by atoms with Crippen LogP contribution in [0.15, 0.2) is 24.3 Å². The normalized spacial score (nSPS) is 17.6. The van der Waals surface area contributed by atoms with E-state index in [-0.39, 0.29) is 17.7 Å². The van der Waals surface area contributed by atoms with E-state index in [1.807, 2.05) is 0 Å². The van der Waals surface area contributed by atoms with Crippen molar-refractivity contribution in [2.75, 3.05) is 6.54 Å². The van der Waals surface area contributed by atoms with Gasteiger partial charge in [-0.3, -0.25) is 4.79 Å². The first-order valence-electron chi connectivity index (χ1n) is 6.94. The predicted octanol–water partition coefficient (Wildman–Crippen LogP) is 2.10. The van der Waals surface area contributed by atoms with Gasteiger partial charge in [-0.1, -0.05) is 36.2 Å². The van der Waals surface area contributed by atoms with Gasteiger partial charge < -0.3 is 16.2 Å². The first-order valence-corrected chi connectivity index (χ1v) is 7.32. The van der Waals surface area contributed by atoms with Gasteiger partial charge in [-0.15, -0.1) is 0 Å². The van der Waals surface area contributed by atoms with Crippen molar-refractivity contribution in [1.82, 2.24) is 5.32 Å². The molecule has 6 heteroatoms. The molecule has 0 aromatic heterocycles. The fourth-order valence-electron chi connectivity index (χ4n) is 2.66. The van der Waals surface area contributed by atoms with E-state index in [1.54, 1.807) is 24.3 Å². The first kappa shape index (κ1) is 15.8. The Morgan fingerprint density at radius 2 is 2.05 bits per heavy atom. The summed E-state index contributed by atoms with van der Waals surface area (Å²) in [5, 5.41) is 12.2. The van der Waals surface area contributed by atoms with Gasteiger partial charge in [0.05, 0.1) is 0 Å². The molecule has 1 amide bonds. The predicted molar refractivity (Wildman–Crippen MR) is 79.9 cm³/mol. The van der Waals surface area contributed by atoms with Crippen LogP contribution in [0.1, 0.15) is 37.3 Å². The summed E-state index contributed by atoms with van der Waals surface area (Å²) in [6, 6.07) is 5.47. The summed E-state index contributed by atoms with van der Waals surface area (Å²) in [6.07, 6.45) is 3.16. The fourth-order valence-corrected chi connectivity index (χ4v) is 2.91. The summed E-state index contributed by atoms with van der Waals surface area (Å²) < 4.78 is 0. The van der Waals surface area contributed by atoms with Crippen LogP contribution in [-0.4, -0.2) is 23.5 Å². The summed E-state index contributed by atoms with van der Waals surface area (Å²) in [5.41, 5.74) is 5.95. The van der Waals surface area contributed by atoms with Crippen LogP contribution in [0, 0.1) is 5.41 Å². The second kappa shape index (κ2) is 6.45. The lowest BCUT2D eigenvalue weighted by molar-refractivity contribution is -0.142. The van der Waals surface area contributed by atoms with Crippen molar-refractivity contribution < 1.29 is 14.7 Å². The molecule has 0 unspecified atom stereocenters. The molecule has 1 fully saturated rings.